The lowest BCUT2D eigenvalue weighted by atomic mass is 10.2. The molecule has 1 heterocycles. The number of aromatic nitrogens is 2. The Morgan fingerprint density at radius 2 is 2.04 bits per heavy atom. The van der Waals surface area contributed by atoms with Crippen molar-refractivity contribution in [2.45, 2.75) is 33.4 Å². The van der Waals surface area contributed by atoms with E-state index >= 15 is 0 Å². The standard InChI is InChI=1S/C16H20ClN3O3/c1-4-20(9-13-5-7-14(17)8-6-13)10-15(21)22-11(2)16-19-18-12(3)23-16/h5-8,11H,4,9-10H2,1-3H3. The molecule has 0 bridgehead atoms. The highest BCUT2D eigenvalue weighted by Gasteiger charge is 2.19. The summed E-state index contributed by atoms with van der Waals surface area (Å²) >= 11 is 5.88. The van der Waals surface area contributed by atoms with E-state index in [9.17, 15) is 4.79 Å². The average molecular weight is 338 g/mol. The quantitative estimate of drug-likeness (QED) is 0.723. The summed E-state index contributed by atoms with van der Waals surface area (Å²) in [5, 5.41) is 8.27. The van der Waals surface area contributed by atoms with Crippen molar-refractivity contribution in [2.75, 3.05) is 13.1 Å². The van der Waals surface area contributed by atoms with E-state index in [1.54, 1.807) is 13.8 Å². The van der Waals surface area contributed by atoms with Crippen molar-refractivity contribution in [2.24, 2.45) is 0 Å². The lowest BCUT2D eigenvalue weighted by Gasteiger charge is -2.20. The number of aryl methyl sites for hydroxylation is 1. The van der Waals surface area contributed by atoms with E-state index in [-0.39, 0.29) is 12.5 Å². The number of ether oxygens (including phenoxy) is 1. The Balaban J connectivity index is 1.87. The SMILES string of the molecule is CCN(CC(=O)OC(C)c1nnc(C)o1)Cc1ccc(Cl)cc1. The summed E-state index contributed by atoms with van der Waals surface area (Å²) in [4.78, 5) is 14.1. The zero-order valence-electron chi connectivity index (χ0n) is 13.5. The molecular weight excluding hydrogens is 318 g/mol. The van der Waals surface area contributed by atoms with Crippen LogP contribution in [-0.4, -0.2) is 34.2 Å². The summed E-state index contributed by atoms with van der Waals surface area (Å²) in [6, 6.07) is 7.56. The van der Waals surface area contributed by atoms with Gasteiger partial charge in [-0.15, -0.1) is 10.2 Å². The highest BCUT2D eigenvalue weighted by atomic mass is 35.5. The van der Waals surface area contributed by atoms with Gasteiger partial charge in [-0.3, -0.25) is 9.69 Å². The summed E-state index contributed by atoms with van der Waals surface area (Å²) < 4.78 is 10.6. The fourth-order valence-electron chi connectivity index (χ4n) is 2.07. The Labute approximate surface area is 140 Å². The Morgan fingerprint density at radius 1 is 1.35 bits per heavy atom. The summed E-state index contributed by atoms with van der Waals surface area (Å²) in [5.41, 5.74) is 1.09. The monoisotopic (exact) mass is 337 g/mol. The van der Waals surface area contributed by atoms with Crippen LogP contribution in [0.1, 0.15) is 37.3 Å². The second-order valence-corrected chi connectivity index (χ2v) is 5.66. The van der Waals surface area contributed by atoms with Crippen LogP contribution < -0.4 is 0 Å². The predicted octanol–water partition coefficient (Wildman–Crippen LogP) is 3.16. The zero-order valence-corrected chi connectivity index (χ0v) is 14.2. The molecule has 1 aromatic heterocycles. The lowest BCUT2D eigenvalue weighted by molar-refractivity contribution is -0.151. The number of halogens is 1. The highest BCUT2D eigenvalue weighted by molar-refractivity contribution is 6.30. The van der Waals surface area contributed by atoms with Crippen molar-refractivity contribution in [3.05, 3.63) is 46.6 Å². The minimum Gasteiger partial charge on any atom is -0.452 e. The molecule has 2 rings (SSSR count). The lowest BCUT2D eigenvalue weighted by Crippen LogP contribution is -2.31. The third kappa shape index (κ3) is 5.33. The normalized spacial score (nSPS) is 12.4. The van der Waals surface area contributed by atoms with Crippen molar-refractivity contribution < 1.29 is 13.9 Å². The van der Waals surface area contributed by atoms with Gasteiger partial charge < -0.3 is 9.15 Å². The van der Waals surface area contributed by atoms with Crippen LogP contribution in [0.4, 0.5) is 0 Å². The van der Waals surface area contributed by atoms with Crippen molar-refractivity contribution >= 4 is 17.6 Å². The minimum atomic E-state index is -0.557. The first-order valence-electron chi connectivity index (χ1n) is 7.44. The summed E-state index contributed by atoms with van der Waals surface area (Å²) in [7, 11) is 0. The van der Waals surface area contributed by atoms with Crippen LogP contribution in [0.5, 0.6) is 0 Å². The number of rotatable bonds is 7. The van der Waals surface area contributed by atoms with Crippen LogP contribution in [0.15, 0.2) is 28.7 Å². The molecule has 1 unspecified atom stereocenters. The van der Waals surface area contributed by atoms with E-state index in [2.05, 4.69) is 10.2 Å². The van der Waals surface area contributed by atoms with E-state index in [1.165, 1.54) is 0 Å². The second kappa shape index (κ2) is 8.08. The summed E-state index contributed by atoms with van der Waals surface area (Å²) in [5.74, 6) is 0.418. The molecule has 0 radical (unpaired) electrons. The van der Waals surface area contributed by atoms with Gasteiger partial charge in [-0.2, -0.15) is 0 Å². The van der Waals surface area contributed by atoms with E-state index in [0.29, 0.717) is 23.3 Å². The third-order valence-electron chi connectivity index (χ3n) is 3.32. The summed E-state index contributed by atoms with van der Waals surface area (Å²) in [6.45, 7) is 6.96. The van der Waals surface area contributed by atoms with Gasteiger partial charge in [0.1, 0.15) is 0 Å². The number of nitrogens with zero attached hydrogens (tertiary/aromatic N) is 3. The van der Waals surface area contributed by atoms with Gasteiger partial charge in [-0.25, -0.2) is 0 Å². The minimum absolute atomic E-state index is 0.191. The molecule has 0 saturated carbocycles. The van der Waals surface area contributed by atoms with Gasteiger partial charge in [0.05, 0.1) is 6.54 Å². The van der Waals surface area contributed by atoms with Gasteiger partial charge in [0.15, 0.2) is 6.10 Å². The molecule has 0 spiro atoms. The van der Waals surface area contributed by atoms with Gasteiger partial charge >= 0.3 is 5.97 Å². The molecule has 0 amide bonds. The number of esters is 1. The largest absolute Gasteiger partial charge is 0.452 e. The second-order valence-electron chi connectivity index (χ2n) is 5.22. The number of likely N-dealkylation sites (N-methyl/N-ethyl adjacent to an activating group) is 1. The van der Waals surface area contributed by atoms with Crippen LogP contribution in [0, 0.1) is 6.92 Å². The van der Waals surface area contributed by atoms with Crippen LogP contribution in [-0.2, 0) is 16.1 Å². The fraction of sp³-hybridized carbons (Fsp3) is 0.438. The number of hydrogen-bond donors (Lipinski definition) is 0. The molecule has 2 aromatic rings. The first-order chi connectivity index (χ1) is 11.0. The maximum absolute atomic E-state index is 12.1. The molecule has 0 N–H and O–H groups in total. The molecule has 0 aliphatic rings. The van der Waals surface area contributed by atoms with Crippen LogP contribution in [0.25, 0.3) is 0 Å². The molecule has 1 aromatic carbocycles. The van der Waals surface area contributed by atoms with Gasteiger partial charge in [-0.1, -0.05) is 30.7 Å². The third-order valence-corrected chi connectivity index (χ3v) is 3.57. The molecule has 23 heavy (non-hydrogen) atoms. The molecule has 1 atom stereocenters. The fourth-order valence-corrected chi connectivity index (χ4v) is 2.20. The molecule has 7 heteroatoms. The van der Waals surface area contributed by atoms with E-state index in [1.807, 2.05) is 36.1 Å². The maximum atomic E-state index is 12.1. The van der Waals surface area contributed by atoms with Gasteiger partial charge in [0.25, 0.3) is 5.89 Å². The summed E-state index contributed by atoms with van der Waals surface area (Å²) in [6.07, 6.45) is -0.557. The van der Waals surface area contributed by atoms with E-state index in [4.69, 9.17) is 20.8 Å². The van der Waals surface area contributed by atoms with Gasteiger partial charge in [0, 0.05) is 18.5 Å². The number of benzene rings is 1. The molecular formula is C16H20ClN3O3. The Morgan fingerprint density at radius 3 is 2.61 bits per heavy atom. The smallest absolute Gasteiger partial charge is 0.320 e. The number of carbonyl (C=O) groups excluding carboxylic acids is 1. The average Bonchev–Trinajstić information content (AvgIpc) is 2.95. The maximum Gasteiger partial charge on any atom is 0.320 e. The Kier molecular flexibility index (Phi) is 6.12. The number of hydrogen-bond acceptors (Lipinski definition) is 6. The predicted molar refractivity (Wildman–Crippen MR) is 85.9 cm³/mol. The Hall–Kier alpha value is -1.92. The molecule has 6 nitrogen and oxygen atoms in total. The van der Waals surface area contributed by atoms with Crippen molar-refractivity contribution in [3.8, 4) is 0 Å². The van der Waals surface area contributed by atoms with Gasteiger partial charge in [0.2, 0.25) is 5.89 Å². The van der Waals surface area contributed by atoms with E-state index < -0.39 is 6.10 Å². The first kappa shape index (κ1) is 17.4. The zero-order chi connectivity index (χ0) is 16.8. The van der Waals surface area contributed by atoms with Crippen molar-refractivity contribution in [3.63, 3.8) is 0 Å². The van der Waals surface area contributed by atoms with Crippen LogP contribution in [0.2, 0.25) is 5.02 Å². The van der Waals surface area contributed by atoms with Gasteiger partial charge in [-0.05, 0) is 31.2 Å². The van der Waals surface area contributed by atoms with E-state index in [0.717, 1.165) is 12.1 Å². The highest BCUT2D eigenvalue weighted by Crippen LogP contribution is 2.16. The molecule has 0 aliphatic carbocycles. The number of carbonyl (C=O) groups is 1. The van der Waals surface area contributed by atoms with Crippen molar-refractivity contribution in [1.29, 1.82) is 0 Å². The molecule has 124 valence electrons. The Bertz CT molecular complexity index is 642. The molecule has 0 saturated heterocycles. The molecule has 0 fully saturated rings. The topological polar surface area (TPSA) is 68.5 Å². The van der Waals surface area contributed by atoms with Crippen LogP contribution in [0.3, 0.4) is 0 Å². The van der Waals surface area contributed by atoms with Crippen molar-refractivity contribution in [1.82, 2.24) is 15.1 Å². The molecule has 0 aliphatic heterocycles. The van der Waals surface area contributed by atoms with Crippen LogP contribution >= 0.6 is 11.6 Å². The first-order valence-corrected chi connectivity index (χ1v) is 7.82.